The van der Waals surface area contributed by atoms with Crippen LogP contribution in [0, 0.1) is 10.1 Å². The molecule has 2 aromatic rings. The van der Waals surface area contributed by atoms with E-state index in [1.165, 1.54) is 31.4 Å². The Balaban J connectivity index is 2.21. The van der Waals surface area contributed by atoms with Crippen molar-refractivity contribution >= 4 is 17.3 Å². The van der Waals surface area contributed by atoms with Crippen LogP contribution in [0.4, 0.5) is 18.9 Å². The summed E-state index contributed by atoms with van der Waals surface area (Å²) in [6, 6.07) is 6.88. The van der Waals surface area contributed by atoms with Crippen LogP contribution in [0.25, 0.3) is 0 Å². The predicted octanol–water partition coefficient (Wildman–Crippen LogP) is 4.96. The van der Waals surface area contributed by atoms with Gasteiger partial charge in [0.15, 0.2) is 0 Å². The van der Waals surface area contributed by atoms with Crippen LogP contribution < -0.4 is 14.2 Å². The molecule has 0 amide bonds. The molecule has 0 radical (unpaired) electrons. The normalized spacial score (nSPS) is 11.1. The van der Waals surface area contributed by atoms with Crippen molar-refractivity contribution in [2.75, 3.05) is 20.3 Å². The average molecular weight is 408 g/mol. The Bertz CT molecular complexity index is 815. The minimum absolute atomic E-state index is 0.0304. The van der Waals surface area contributed by atoms with Crippen molar-refractivity contribution in [2.24, 2.45) is 0 Å². The van der Waals surface area contributed by atoms with Crippen LogP contribution in [0.2, 0.25) is 5.02 Å². The predicted molar refractivity (Wildman–Crippen MR) is 88.7 cm³/mol. The number of rotatable bonds is 8. The van der Waals surface area contributed by atoms with Gasteiger partial charge in [-0.05, 0) is 18.2 Å². The van der Waals surface area contributed by atoms with E-state index in [-0.39, 0.29) is 41.2 Å². The van der Waals surface area contributed by atoms with E-state index in [1.54, 1.807) is 0 Å². The molecule has 0 unspecified atom stereocenters. The van der Waals surface area contributed by atoms with Crippen LogP contribution in [0.3, 0.4) is 0 Å². The maximum Gasteiger partial charge on any atom is 0.573 e. The van der Waals surface area contributed by atoms with Crippen LogP contribution in [0.15, 0.2) is 36.4 Å². The number of nitrogens with zero attached hydrogens (tertiary/aromatic N) is 1. The number of methoxy groups -OCH3 is 1. The van der Waals surface area contributed by atoms with E-state index in [4.69, 9.17) is 25.8 Å². The molecular weight excluding hydrogens is 395 g/mol. The second-order valence-electron chi connectivity index (χ2n) is 4.97. The lowest BCUT2D eigenvalue weighted by Crippen LogP contribution is -2.17. The Morgan fingerprint density at radius 1 is 1.07 bits per heavy atom. The van der Waals surface area contributed by atoms with E-state index in [2.05, 4.69) is 4.74 Å². The van der Waals surface area contributed by atoms with Crippen molar-refractivity contribution < 1.29 is 37.0 Å². The fourth-order valence-electron chi connectivity index (χ4n) is 1.95. The number of nitro benzene ring substituents is 1. The largest absolute Gasteiger partial charge is 0.573 e. The number of ether oxygens (including phenoxy) is 4. The summed E-state index contributed by atoms with van der Waals surface area (Å²) in [5.41, 5.74) is -0.279. The first-order valence-electron chi connectivity index (χ1n) is 7.33. The molecule has 0 aliphatic rings. The van der Waals surface area contributed by atoms with Crippen molar-refractivity contribution in [1.82, 2.24) is 0 Å². The monoisotopic (exact) mass is 407 g/mol. The van der Waals surface area contributed by atoms with Gasteiger partial charge in [0.2, 0.25) is 5.75 Å². The molecule has 0 saturated carbocycles. The fourth-order valence-corrected chi connectivity index (χ4v) is 2.16. The van der Waals surface area contributed by atoms with Gasteiger partial charge in [0.1, 0.15) is 23.9 Å². The van der Waals surface area contributed by atoms with Gasteiger partial charge in [-0.3, -0.25) is 10.1 Å². The van der Waals surface area contributed by atoms with Gasteiger partial charge >= 0.3 is 12.0 Å². The summed E-state index contributed by atoms with van der Waals surface area (Å²) >= 11 is 5.90. The standard InChI is InChI=1S/C16H13ClF3NO6/c1-24-6-7-25-15-9-10(2-4-13(15)21(22)23)26-14-5-3-11(8-12(14)17)27-16(18,19)20/h2-5,8-9H,6-7H2,1H3. The molecule has 0 aliphatic heterocycles. The van der Waals surface area contributed by atoms with E-state index >= 15 is 0 Å². The molecule has 2 rings (SSSR count). The van der Waals surface area contributed by atoms with Gasteiger partial charge in [0, 0.05) is 25.3 Å². The van der Waals surface area contributed by atoms with Crippen molar-refractivity contribution in [3.05, 3.63) is 51.5 Å². The number of alkyl halides is 3. The summed E-state index contributed by atoms with van der Waals surface area (Å²) < 4.78 is 56.0. The molecule has 7 nitrogen and oxygen atoms in total. The van der Waals surface area contributed by atoms with Gasteiger partial charge in [-0.25, -0.2) is 0 Å². The zero-order valence-corrected chi connectivity index (χ0v) is 14.5. The molecule has 0 aliphatic carbocycles. The number of halogens is 4. The second kappa shape index (κ2) is 8.78. The van der Waals surface area contributed by atoms with E-state index in [0.717, 1.165) is 12.1 Å². The number of hydrogen-bond donors (Lipinski definition) is 0. The molecule has 0 saturated heterocycles. The minimum atomic E-state index is -4.85. The number of hydrogen-bond acceptors (Lipinski definition) is 6. The molecule has 2 aromatic carbocycles. The maximum atomic E-state index is 12.2. The lowest BCUT2D eigenvalue weighted by molar-refractivity contribution is -0.385. The highest BCUT2D eigenvalue weighted by Crippen LogP contribution is 2.37. The summed E-state index contributed by atoms with van der Waals surface area (Å²) in [5, 5.41) is 10.9. The van der Waals surface area contributed by atoms with Crippen molar-refractivity contribution in [1.29, 1.82) is 0 Å². The Morgan fingerprint density at radius 3 is 2.37 bits per heavy atom. The molecule has 0 N–H and O–H groups in total. The average Bonchev–Trinajstić information content (AvgIpc) is 2.56. The molecular formula is C16H13ClF3NO6. The molecule has 0 atom stereocenters. The molecule has 146 valence electrons. The Morgan fingerprint density at radius 2 is 1.78 bits per heavy atom. The third kappa shape index (κ3) is 6.19. The summed E-state index contributed by atoms with van der Waals surface area (Å²) in [4.78, 5) is 10.4. The quantitative estimate of drug-likeness (QED) is 0.349. The SMILES string of the molecule is COCCOc1cc(Oc2ccc(OC(F)(F)F)cc2Cl)ccc1[N+](=O)[O-]. The topological polar surface area (TPSA) is 80.1 Å². The van der Waals surface area contributed by atoms with Gasteiger partial charge < -0.3 is 18.9 Å². The molecule has 0 spiro atoms. The zero-order chi connectivity index (χ0) is 20.0. The van der Waals surface area contributed by atoms with Crippen LogP contribution in [0.1, 0.15) is 0 Å². The van der Waals surface area contributed by atoms with Gasteiger partial charge in [0.25, 0.3) is 0 Å². The van der Waals surface area contributed by atoms with Crippen molar-refractivity contribution in [3.8, 4) is 23.0 Å². The highest BCUT2D eigenvalue weighted by molar-refractivity contribution is 6.32. The van der Waals surface area contributed by atoms with E-state index in [9.17, 15) is 23.3 Å². The van der Waals surface area contributed by atoms with Crippen molar-refractivity contribution in [3.63, 3.8) is 0 Å². The van der Waals surface area contributed by atoms with Crippen LogP contribution in [-0.4, -0.2) is 31.6 Å². The molecule has 0 heterocycles. The molecule has 27 heavy (non-hydrogen) atoms. The Labute approximate surface area is 156 Å². The molecule has 0 fully saturated rings. The molecule has 11 heteroatoms. The highest BCUT2D eigenvalue weighted by atomic mass is 35.5. The summed E-state index contributed by atoms with van der Waals surface area (Å²) in [5.74, 6) is -0.392. The summed E-state index contributed by atoms with van der Waals surface area (Å²) in [7, 11) is 1.45. The number of benzene rings is 2. The van der Waals surface area contributed by atoms with Crippen LogP contribution in [-0.2, 0) is 4.74 Å². The molecule has 0 bridgehead atoms. The van der Waals surface area contributed by atoms with E-state index in [1.807, 2.05) is 0 Å². The van der Waals surface area contributed by atoms with Gasteiger partial charge in [0.05, 0.1) is 16.6 Å². The Kier molecular flexibility index (Phi) is 6.70. The number of nitro groups is 1. The second-order valence-corrected chi connectivity index (χ2v) is 5.38. The smallest absolute Gasteiger partial charge is 0.484 e. The third-order valence-electron chi connectivity index (χ3n) is 3.04. The first-order valence-corrected chi connectivity index (χ1v) is 7.70. The zero-order valence-electron chi connectivity index (χ0n) is 13.8. The summed E-state index contributed by atoms with van der Waals surface area (Å²) in [6.45, 7) is 0.291. The van der Waals surface area contributed by atoms with Gasteiger partial charge in [-0.2, -0.15) is 0 Å². The van der Waals surface area contributed by atoms with Crippen LogP contribution in [0.5, 0.6) is 23.0 Å². The maximum absolute atomic E-state index is 12.2. The first-order chi connectivity index (χ1) is 12.7. The van der Waals surface area contributed by atoms with Gasteiger partial charge in [-0.1, -0.05) is 11.6 Å². The molecule has 0 aromatic heterocycles. The first kappa shape index (κ1) is 20.6. The van der Waals surface area contributed by atoms with Gasteiger partial charge in [-0.15, -0.1) is 13.2 Å². The summed E-state index contributed by atoms with van der Waals surface area (Å²) in [6.07, 6.45) is -4.85. The lowest BCUT2D eigenvalue weighted by atomic mass is 10.2. The fraction of sp³-hybridized carbons (Fsp3) is 0.250. The highest BCUT2D eigenvalue weighted by Gasteiger charge is 2.31. The van der Waals surface area contributed by atoms with Crippen molar-refractivity contribution in [2.45, 2.75) is 6.36 Å². The van der Waals surface area contributed by atoms with E-state index < -0.39 is 17.0 Å². The Hall–Kier alpha value is -2.72. The van der Waals surface area contributed by atoms with Crippen LogP contribution >= 0.6 is 11.6 Å². The lowest BCUT2D eigenvalue weighted by Gasteiger charge is -2.12. The van der Waals surface area contributed by atoms with E-state index in [0.29, 0.717) is 0 Å². The third-order valence-corrected chi connectivity index (χ3v) is 3.33. The minimum Gasteiger partial charge on any atom is -0.484 e.